The molecule has 0 heterocycles. The predicted molar refractivity (Wildman–Crippen MR) is 81.5 cm³/mol. The molecule has 0 saturated heterocycles. The molecule has 5 atom stereocenters. The first-order chi connectivity index (χ1) is 9.66. The highest BCUT2D eigenvalue weighted by atomic mass is 16.3. The molecule has 1 aromatic carbocycles. The molecule has 1 N–H and O–H groups in total. The Kier molecular flexibility index (Phi) is 2.96. The van der Waals surface area contributed by atoms with Gasteiger partial charge in [-0.05, 0) is 73.3 Å². The summed E-state index contributed by atoms with van der Waals surface area (Å²) in [5.74, 6) is 3.27. The number of hydrogen-bond donors (Lipinski definition) is 1. The normalized spacial score (nSPS) is 42.7. The van der Waals surface area contributed by atoms with E-state index in [0.717, 1.165) is 37.0 Å². The molecule has 3 aliphatic rings. The van der Waals surface area contributed by atoms with Crippen LogP contribution in [0.15, 0.2) is 24.3 Å². The highest BCUT2D eigenvalue weighted by Gasteiger charge is 2.45. The summed E-state index contributed by atoms with van der Waals surface area (Å²) in [6.07, 6.45) is 8.80. The van der Waals surface area contributed by atoms with E-state index in [0.29, 0.717) is 5.92 Å². The van der Waals surface area contributed by atoms with E-state index >= 15 is 0 Å². The molecular weight excluding hydrogens is 244 g/mol. The maximum Gasteiger partial charge on any atom is 0.0902 e. The zero-order valence-electron chi connectivity index (χ0n) is 12.5. The molecular formula is C19H26O. The van der Waals surface area contributed by atoms with Crippen molar-refractivity contribution >= 4 is 0 Å². The van der Waals surface area contributed by atoms with Crippen LogP contribution in [-0.2, 0) is 5.60 Å². The Morgan fingerprint density at radius 1 is 1.15 bits per heavy atom. The second-order valence-electron chi connectivity index (χ2n) is 7.70. The van der Waals surface area contributed by atoms with Crippen LogP contribution in [0.5, 0.6) is 0 Å². The molecule has 2 fully saturated rings. The van der Waals surface area contributed by atoms with Gasteiger partial charge in [-0.3, -0.25) is 0 Å². The summed E-state index contributed by atoms with van der Waals surface area (Å²) in [7, 11) is 0. The molecule has 0 spiro atoms. The Bertz CT molecular complexity index is 508. The van der Waals surface area contributed by atoms with Gasteiger partial charge in [-0.25, -0.2) is 0 Å². The largest absolute Gasteiger partial charge is 0.385 e. The third-order valence-corrected chi connectivity index (χ3v) is 6.47. The van der Waals surface area contributed by atoms with Gasteiger partial charge in [0.05, 0.1) is 5.60 Å². The topological polar surface area (TPSA) is 20.2 Å². The first-order valence-electron chi connectivity index (χ1n) is 8.47. The summed E-state index contributed by atoms with van der Waals surface area (Å²) >= 11 is 0. The van der Waals surface area contributed by atoms with Crippen molar-refractivity contribution < 1.29 is 5.11 Å². The van der Waals surface area contributed by atoms with Gasteiger partial charge in [0.2, 0.25) is 0 Å². The minimum atomic E-state index is -0.543. The molecule has 4 rings (SSSR count). The smallest absolute Gasteiger partial charge is 0.0902 e. The summed E-state index contributed by atoms with van der Waals surface area (Å²) < 4.78 is 0. The van der Waals surface area contributed by atoms with Gasteiger partial charge >= 0.3 is 0 Å². The molecule has 0 amide bonds. The summed E-state index contributed by atoms with van der Waals surface area (Å²) in [6, 6.07) is 8.63. The predicted octanol–water partition coefficient (Wildman–Crippen LogP) is 4.60. The maximum atomic E-state index is 11.3. The van der Waals surface area contributed by atoms with E-state index in [4.69, 9.17) is 0 Å². The van der Waals surface area contributed by atoms with Crippen LogP contribution in [-0.4, -0.2) is 5.11 Å². The number of hydrogen-bond acceptors (Lipinski definition) is 1. The van der Waals surface area contributed by atoms with E-state index < -0.39 is 5.60 Å². The van der Waals surface area contributed by atoms with E-state index in [1.807, 2.05) is 0 Å². The third kappa shape index (κ3) is 1.94. The van der Waals surface area contributed by atoms with Crippen molar-refractivity contribution in [3.8, 4) is 0 Å². The minimum Gasteiger partial charge on any atom is -0.385 e. The number of benzene rings is 1. The molecule has 2 bridgehead atoms. The molecule has 1 nitrogen and oxygen atoms in total. The highest BCUT2D eigenvalue weighted by molar-refractivity contribution is 5.37. The van der Waals surface area contributed by atoms with Crippen LogP contribution < -0.4 is 0 Å². The zero-order chi connectivity index (χ0) is 13.7. The Morgan fingerprint density at radius 3 is 2.75 bits per heavy atom. The molecule has 5 unspecified atom stereocenters. The first-order valence-corrected chi connectivity index (χ1v) is 8.47. The van der Waals surface area contributed by atoms with Crippen LogP contribution in [0.3, 0.4) is 0 Å². The molecule has 2 saturated carbocycles. The summed E-state index contributed by atoms with van der Waals surface area (Å²) in [4.78, 5) is 0. The molecule has 3 aliphatic carbocycles. The van der Waals surface area contributed by atoms with Gasteiger partial charge in [0.15, 0.2) is 0 Å². The van der Waals surface area contributed by atoms with Gasteiger partial charge in [0, 0.05) is 0 Å². The monoisotopic (exact) mass is 270 g/mol. The zero-order valence-corrected chi connectivity index (χ0v) is 12.5. The fraction of sp³-hybridized carbons (Fsp3) is 0.684. The van der Waals surface area contributed by atoms with Gasteiger partial charge in [0.1, 0.15) is 0 Å². The molecule has 0 radical (unpaired) electrons. The van der Waals surface area contributed by atoms with E-state index in [1.54, 1.807) is 0 Å². The Labute approximate surface area is 122 Å². The maximum absolute atomic E-state index is 11.3. The molecule has 1 heteroatoms. The van der Waals surface area contributed by atoms with Crippen LogP contribution in [0.1, 0.15) is 68.9 Å². The highest BCUT2D eigenvalue weighted by Crippen LogP contribution is 2.54. The first kappa shape index (κ1) is 12.9. The Morgan fingerprint density at radius 2 is 2.00 bits per heavy atom. The van der Waals surface area contributed by atoms with Crippen LogP contribution >= 0.6 is 0 Å². The molecule has 1 aromatic rings. The van der Waals surface area contributed by atoms with Crippen LogP contribution in [0, 0.1) is 17.8 Å². The standard InChI is InChI=1S/C19H26O/c1-13-8-9-19(20,18-5-3-2-4-17(13)18)12-16-11-14-6-7-15(16)10-14/h2-5,13-16,20H,6-12H2,1H3. The quantitative estimate of drug-likeness (QED) is 0.833. The third-order valence-electron chi connectivity index (χ3n) is 6.47. The number of fused-ring (bicyclic) bond motifs is 3. The van der Waals surface area contributed by atoms with Gasteiger partial charge in [0.25, 0.3) is 0 Å². The SMILES string of the molecule is CC1CCC(O)(CC2CC3CCC2C3)c2ccccc21. The van der Waals surface area contributed by atoms with Crippen LogP contribution in [0.2, 0.25) is 0 Å². The van der Waals surface area contributed by atoms with Crippen LogP contribution in [0.4, 0.5) is 0 Å². The van der Waals surface area contributed by atoms with Crippen LogP contribution in [0.25, 0.3) is 0 Å². The van der Waals surface area contributed by atoms with E-state index in [9.17, 15) is 5.11 Å². The lowest BCUT2D eigenvalue weighted by molar-refractivity contribution is -0.0155. The van der Waals surface area contributed by atoms with Crippen molar-refractivity contribution in [1.82, 2.24) is 0 Å². The van der Waals surface area contributed by atoms with Crippen molar-refractivity contribution in [2.24, 2.45) is 17.8 Å². The fourth-order valence-electron chi connectivity index (χ4n) is 5.37. The molecule has 20 heavy (non-hydrogen) atoms. The molecule has 0 aliphatic heterocycles. The van der Waals surface area contributed by atoms with E-state index in [2.05, 4.69) is 31.2 Å². The summed E-state index contributed by atoms with van der Waals surface area (Å²) in [5, 5.41) is 11.3. The van der Waals surface area contributed by atoms with Crippen molar-refractivity contribution in [2.75, 3.05) is 0 Å². The molecule has 108 valence electrons. The van der Waals surface area contributed by atoms with Crippen molar-refractivity contribution in [3.63, 3.8) is 0 Å². The Hall–Kier alpha value is -0.820. The summed E-state index contributed by atoms with van der Waals surface area (Å²) in [5.41, 5.74) is 2.09. The Balaban J connectivity index is 1.62. The average Bonchev–Trinajstić information content (AvgIpc) is 3.06. The average molecular weight is 270 g/mol. The number of rotatable bonds is 2. The van der Waals surface area contributed by atoms with Gasteiger partial charge in [-0.1, -0.05) is 37.6 Å². The van der Waals surface area contributed by atoms with E-state index in [1.165, 1.54) is 36.8 Å². The lowest BCUT2D eigenvalue weighted by Gasteiger charge is -2.40. The second kappa shape index (κ2) is 4.59. The van der Waals surface area contributed by atoms with Gasteiger partial charge in [-0.2, -0.15) is 0 Å². The van der Waals surface area contributed by atoms with Gasteiger partial charge < -0.3 is 5.11 Å². The van der Waals surface area contributed by atoms with Crippen molar-refractivity contribution in [1.29, 1.82) is 0 Å². The van der Waals surface area contributed by atoms with E-state index in [-0.39, 0.29) is 0 Å². The lowest BCUT2D eigenvalue weighted by Crippen LogP contribution is -2.35. The van der Waals surface area contributed by atoms with Gasteiger partial charge in [-0.15, -0.1) is 0 Å². The lowest BCUT2D eigenvalue weighted by atomic mass is 9.69. The van der Waals surface area contributed by atoms with Crippen molar-refractivity contribution in [3.05, 3.63) is 35.4 Å². The number of aliphatic hydroxyl groups is 1. The minimum absolute atomic E-state index is 0.543. The second-order valence-corrected chi connectivity index (χ2v) is 7.70. The summed E-state index contributed by atoms with van der Waals surface area (Å²) in [6.45, 7) is 2.30. The fourth-order valence-corrected chi connectivity index (χ4v) is 5.37. The molecule has 0 aromatic heterocycles. The van der Waals surface area contributed by atoms with Crippen molar-refractivity contribution in [2.45, 2.75) is 63.4 Å².